The highest BCUT2D eigenvalue weighted by atomic mass is 35.5. The van der Waals surface area contributed by atoms with Crippen LogP contribution in [0.5, 0.6) is 5.75 Å². The van der Waals surface area contributed by atoms with Crippen LogP contribution in [0.1, 0.15) is 32.4 Å². The van der Waals surface area contributed by atoms with Crippen LogP contribution in [0, 0.1) is 5.41 Å². The van der Waals surface area contributed by atoms with Crippen LogP contribution < -0.4 is 10.5 Å². The monoisotopic (exact) mass is 227 g/mol. The van der Waals surface area contributed by atoms with Gasteiger partial charge in [-0.25, -0.2) is 0 Å². The summed E-state index contributed by atoms with van der Waals surface area (Å²) < 4.78 is 5.16. The van der Waals surface area contributed by atoms with Crippen LogP contribution in [-0.4, -0.2) is 7.11 Å². The second-order valence-corrected chi connectivity index (χ2v) is 5.20. The van der Waals surface area contributed by atoms with Crippen molar-refractivity contribution < 1.29 is 4.74 Å². The summed E-state index contributed by atoms with van der Waals surface area (Å²) in [5.74, 6) is 0.747. The van der Waals surface area contributed by atoms with Crippen molar-refractivity contribution in [3.8, 4) is 5.75 Å². The maximum Gasteiger partial charge on any atom is 0.120 e. The molecule has 0 aromatic heterocycles. The fraction of sp³-hybridized carbons (Fsp3) is 0.500. The Kier molecular flexibility index (Phi) is 3.63. The van der Waals surface area contributed by atoms with Gasteiger partial charge in [-0.1, -0.05) is 32.4 Å². The van der Waals surface area contributed by atoms with E-state index in [-0.39, 0.29) is 11.5 Å². The standard InChI is InChI=1S/C12H18ClNO/c1-12(2,3)11(14)8-5-9(13)7-10(6-8)15-4/h5-7,11H,14H2,1-4H3/t11-/m1/s1. The first-order valence-corrected chi connectivity index (χ1v) is 5.32. The van der Waals surface area contributed by atoms with Crippen LogP contribution in [0.3, 0.4) is 0 Å². The summed E-state index contributed by atoms with van der Waals surface area (Å²) in [6.07, 6.45) is 0. The van der Waals surface area contributed by atoms with E-state index in [1.165, 1.54) is 0 Å². The molecular weight excluding hydrogens is 210 g/mol. The smallest absolute Gasteiger partial charge is 0.120 e. The molecule has 1 aromatic rings. The van der Waals surface area contributed by atoms with Crippen molar-refractivity contribution >= 4 is 11.6 Å². The number of methoxy groups -OCH3 is 1. The molecule has 1 aromatic carbocycles. The molecule has 1 rings (SSSR count). The Morgan fingerprint density at radius 2 is 1.87 bits per heavy atom. The van der Waals surface area contributed by atoms with Crippen molar-refractivity contribution in [1.82, 2.24) is 0 Å². The molecule has 2 N–H and O–H groups in total. The lowest BCUT2D eigenvalue weighted by Crippen LogP contribution is -2.26. The average Bonchev–Trinajstić information content (AvgIpc) is 2.14. The highest BCUT2D eigenvalue weighted by Gasteiger charge is 2.22. The summed E-state index contributed by atoms with van der Waals surface area (Å²) in [5, 5.41) is 0.657. The van der Waals surface area contributed by atoms with E-state index in [1.54, 1.807) is 13.2 Å². The molecule has 1 atom stereocenters. The van der Waals surface area contributed by atoms with Gasteiger partial charge in [0.05, 0.1) is 7.11 Å². The largest absolute Gasteiger partial charge is 0.497 e. The molecule has 0 unspecified atom stereocenters. The lowest BCUT2D eigenvalue weighted by molar-refractivity contribution is 0.325. The number of nitrogens with two attached hydrogens (primary N) is 1. The van der Waals surface area contributed by atoms with Gasteiger partial charge in [0.25, 0.3) is 0 Å². The predicted octanol–water partition coefficient (Wildman–Crippen LogP) is 3.39. The quantitative estimate of drug-likeness (QED) is 0.841. The first-order chi connectivity index (χ1) is 6.84. The van der Waals surface area contributed by atoms with Gasteiger partial charge in [-0.3, -0.25) is 0 Å². The maximum absolute atomic E-state index is 6.15. The average molecular weight is 228 g/mol. The number of ether oxygens (including phenoxy) is 1. The Labute approximate surface area is 96.4 Å². The van der Waals surface area contributed by atoms with Gasteiger partial charge >= 0.3 is 0 Å². The minimum atomic E-state index is -0.0508. The van der Waals surface area contributed by atoms with Gasteiger partial charge < -0.3 is 10.5 Å². The van der Waals surface area contributed by atoms with Gasteiger partial charge in [-0.15, -0.1) is 0 Å². The van der Waals surface area contributed by atoms with Crippen molar-refractivity contribution in [2.24, 2.45) is 11.1 Å². The van der Waals surface area contributed by atoms with Gasteiger partial charge in [-0.2, -0.15) is 0 Å². The van der Waals surface area contributed by atoms with Crippen molar-refractivity contribution in [2.75, 3.05) is 7.11 Å². The second kappa shape index (κ2) is 4.42. The molecule has 0 aliphatic rings. The van der Waals surface area contributed by atoms with E-state index in [0.717, 1.165) is 11.3 Å². The van der Waals surface area contributed by atoms with Gasteiger partial charge in [-0.05, 0) is 29.2 Å². The third kappa shape index (κ3) is 3.11. The highest BCUT2D eigenvalue weighted by molar-refractivity contribution is 6.30. The molecule has 0 amide bonds. The normalized spacial score (nSPS) is 13.7. The highest BCUT2D eigenvalue weighted by Crippen LogP contribution is 2.33. The van der Waals surface area contributed by atoms with Gasteiger partial charge in [0, 0.05) is 11.1 Å². The maximum atomic E-state index is 6.15. The zero-order valence-electron chi connectivity index (χ0n) is 9.67. The topological polar surface area (TPSA) is 35.2 Å². The van der Waals surface area contributed by atoms with E-state index in [2.05, 4.69) is 20.8 Å². The van der Waals surface area contributed by atoms with E-state index >= 15 is 0 Å². The van der Waals surface area contributed by atoms with Crippen molar-refractivity contribution in [2.45, 2.75) is 26.8 Å². The van der Waals surface area contributed by atoms with E-state index in [4.69, 9.17) is 22.1 Å². The Hall–Kier alpha value is -0.730. The molecule has 15 heavy (non-hydrogen) atoms. The van der Waals surface area contributed by atoms with Crippen LogP contribution in [0.4, 0.5) is 0 Å². The molecular formula is C12H18ClNO. The summed E-state index contributed by atoms with van der Waals surface area (Å²) in [6, 6.07) is 5.55. The molecule has 0 spiro atoms. The summed E-state index contributed by atoms with van der Waals surface area (Å²) >= 11 is 5.99. The first kappa shape index (κ1) is 12.3. The number of hydrogen-bond donors (Lipinski definition) is 1. The van der Waals surface area contributed by atoms with E-state index in [9.17, 15) is 0 Å². The number of rotatable bonds is 2. The Balaban J connectivity index is 3.09. The van der Waals surface area contributed by atoms with Crippen LogP contribution in [0.15, 0.2) is 18.2 Å². The summed E-state index contributed by atoms with van der Waals surface area (Å²) in [5.41, 5.74) is 7.17. The molecule has 0 radical (unpaired) electrons. The minimum Gasteiger partial charge on any atom is -0.497 e. The predicted molar refractivity (Wildman–Crippen MR) is 64.4 cm³/mol. The Morgan fingerprint density at radius 1 is 1.27 bits per heavy atom. The molecule has 0 fully saturated rings. The van der Waals surface area contributed by atoms with Crippen molar-refractivity contribution in [3.05, 3.63) is 28.8 Å². The summed E-state index contributed by atoms with van der Waals surface area (Å²) in [6.45, 7) is 6.31. The fourth-order valence-corrected chi connectivity index (χ4v) is 1.62. The Bertz CT molecular complexity index is 344. The SMILES string of the molecule is COc1cc(Cl)cc([C@@H](N)C(C)(C)C)c1. The zero-order valence-corrected chi connectivity index (χ0v) is 10.4. The van der Waals surface area contributed by atoms with Crippen LogP contribution in [-0.2, 0) is 0 Å². The summed E-state index contributed by atoms with van der Waals surface area (Å²) in [7, 11) is 1.62. The van der Waals surface area contributed by atoms with Crippen molar-refractivity contribution in [1.29, 1.82) is 0 Å². The number of benzene rings is 1. The second-order valence-electron chi connectivity index (χ2n) is 4.77. The van der Waals surface area contributed by atoms with Crippen molar-refractivity contribution in [3.63, 3.8) is 0 Å². The molecule has 0 saturated heterocycles. The minimum absolute atomic E-state index is 0.00962. The third-order valence-electron chi connectivity index (χ3n) is 2.42. The van der Waals surface area contributed by atoms with E-state index in [1.807, 2.05) is 12.1 Å². The lowest BCUT2D eigenvalue weighted by Gasteiger charge is -2.27. The first-order valence-electron chi connectivity index (χ1n) is 4.94. The van der Waals surface area contributed by atoms with E-state index < -0.39 is 0 Å². The number of hydrogen-bond acceptors (Lipinski definition) is 2. The van der Waals surface area contributed by atoms with E-state index in [0.29, 0.717) is 5.02 Å². The van der Waals surface area contributed by atoms with Gasteiger partial charge in [0.1, 0.15) is 5.75 Å². The van der Waals surface area contributed by atoms with Gasteiger partial charge in [0.15, 0.2) is 0 Å². The van der Waals surface area contributed by atoms with Crippen LogP contribution in [0.2, 0.25) is 5.02 Å². The molecule has 84 valence electrons. The molecule has 0 heterocycles. The molecule has 0 aliphatic carbocycles. The van der Waals surface area contributed by atoms with Crippen LogP contribution in [0.25, 0.3) is 0 Å². The van der Waals surface area contributed by atoms with Gasteiger partial charge in [0.2, 0.25) is 0 Å². The molecule has 2 nitrogen and oxygen atoms in total. The number of halogens is 1. The fourth-order valence-electron chi connectivity index (χ4n) is 1.38. The molecule has 0 aliphatic heterocycles. The third-order valence-corrected chi connectivity index (χ3v) is 2.64. The molecule has 3 heteroatoms. The Morgan fingerprint density at radius 3 is 2.33 bits per heavy atom. The zero-order chi connectivity index (χ0) is 11.6. The van der Waals surface area contributed by atoms with Crippen LogP contribution >= 0.6 is 11.6 Å². The summed E-state index contributed by atoms with van der Waals surface area (Å²) in [4.78, 5) is 0. The lowest BCUT2D eigenvalue weighted by atomic mass is 9.83. The molecule has 0 bridgehead atoms. The molecule has 0 saturated carbocycles.